The fraction of sp³-hybridized carbons (Fsp3) is 0.750. The molecule has 14 nitrogen and oxygen atoms in total. The minimum atomic E-state index is -0.766. The Morgan fingerprint density at radius 3 is 2.22 bits per heavy atom. The first-order chi connectivity index (χ1) is 25.2. The number of hydrogen-bond acceptors (Lipinski definition) is 9. The predicted octanol–water partition coefficient (Wildman–Crippen LogP) is 4.24. The van der Waals surface area contributed by atoms with E-state index >= 15 is 0 Å². The molecule has 1 N–H and O–H groups in total. The fourth-order valence-electron chi connectivity index (χ4n) is 7.81. The van der Waals surface area contributed by atoms with Crippen molar-refractivity contribution in [3.05, 3.63) is 39.9 Å². The lowest BCUT2D eigenvalue weighted by molar-refractivity contribution is -0.384. The third kappa shape index (κ3) is 12.2. The minimum absolute atomic E-state index is 0.00764. The molecule has 0 aromatic heterocycles. The Balaban J connectivity index is 2.23. The molecule has 1 aliphatic rings. The number of carbonyl (C=O) groups is 4. The van der Waals surface area contributed by atoms with Crippen LogP contribution in [-0.4, -0.2) is 141 Å². The highest BCUT2D eigenvalue weighted by Crippen LogP contribution is 2.30. The van der Waals surface area contributed by atoms with Gasteiger partial charge in [-0.3, -0.25) is 29.3 Å². The number of benzene rings is 1. The molecule has 0 spiro atoms. The van der Waals surface area contributed by atoms with E-state index < -0.39 is 40.5 Å². The van der Waals surface area contributed by atoms with Crippen molar-refractivity contribution in [1.82, 2.24) is 24.9 Å². The first kappa shape index (κ1) is 46.5. The molecule has 1 fully saturated rings. The number of methoxy groups -OCH3 is 2. The number of amides is 4. The van der Waals surface area contributed by atoms with E-state index in [2.05, 4.69) is 5.32 Å². The molecule has 1 saturated heterocycles. The van der Waals surface area contributed by atoms with Gasteiger partial charge in [-0.15, -0.1) is 0 Å². The molecule has 4 amide bonds. The van der Waals surface area contributed by atoms with Crippen molar-refractivity contribution in [2.75, 3.05) is 62.0 Å². The maximum atomic E-state index is 14.2. The van der Waals surface area contributed by atoms with Crippen LogP contribution in [0, 0.1) is 33.3 Å². The molecule has 0 unspecified atom stereocenters. The highest BCUT2D eigenvalue weighted by Gasteiger charge is 2.43. The summed E-state index contributed by atoms with van der Waals surface area (Å²) in [7, 11) is 10.4. The van der Waals surface area contributed by atoms with Gasteiger partial charge in [0, 0.05) is 60.1 Å². The summed E-state index contributed by atoms with van der Waals surface area (Å²) in [4.78, 5) is 73.2. The van der Waals surface area contributed by atoms with Gasteiger partial charge in [-0.1, -0.05) is 53.2 Å². The fourth-order valence-corrected chi connectivity index (χ4v) is 7.81. The van der Waals surface area contributed by atoms with Crippen LogP contribution in [0.5, 0.6) is 0 Å². The summed E-state index contributed by atoms with van der Waals surface area (Å²) in [5.74, 6) is -1.50. The zero-order valence-corrected chi connectivity index (χ0v) is 35.1. The number of ether oxygens (including phenoxy) is 2. The Labute approximate surface area is 323 Å². The molecular weight excluding hydrogens is 692 g/mol. The summed E-state index contributed by atoms with van der Waals surface area (Å²) in [6.45, 7) is 14.8. The minimum Gasteiger partial charge on any atom is -0.379 e. The molecule has 1 heterocycles. The van der Waals surface area contributed by atoms with Gasteiger partial charge in [-0.25, -0.2) is 0 Å². The number of nitro groups is 1. The number of carbonyl (C=O) groups excluding carboxylic acids is 4. The Morgan fingerprint density at radius 2 is 1.69 bits per heavy atom. The average molecular weight is 761 g/mol. The number of likely N-dealkylation sites (N-methyl/N-ethyl adjacent to an activating group) is 2. The van der Waals surface area contributed by atoms with Crippen LogP contribution in [0.1, 0.15) is 79.7 Å². The van der Waals surface area contributed by atoms with Crippen molar-refractivity contribution >= 4 is 29.3 Å². The van der Waals surface area contributed by atoms with Crippen molar-refractivity contribution in [2.45, 2.75) is 111 Å². The van der Waals surface area contributed by atoms with E-state index in [4.69, 9.17) is 9.47 Å². The van der Waals surface area contributed by atoms with Crippen LogP contribution in [-0.2, 0) is 35.1 Å². The lowest BCUT2D eigenvalue weighted by atomic mass is 9.88. The van der Waals surface area contributed by atoms with Crippen LogP contribution >= 0.6 is 0 Å². The second kappa shape index (κ2) is 20.9. The summed E-state index contributed by atoms with van der Waals surface area (Å²) in [5.41, 5.74) is 0.0504. The van der Waals surface area contributed by atoms with E-state index in [-0.39, 0.29) is 53.6 Å². The smallest absolute Gasteiger partial charge is 0.269 e. The molecule has 0 aliphatic carbocycles. The lowest BCUT2D eigenvalue weighted by Gasteiger charge is -2.41. The number of hydrogen-bond donors (Lipinski definition) is 1. The van der Waals surface area contributed by atoms with Gasteiger partial charge >= 0.3 is 0 Å². The van der Waals surface area contributed by atoms with Crippen LogP contribution in [0.25, 0.3) is 0 Å². The van der Waals surface area contributed by atoms with Crippen LogP contribution in [0.2, 0.25) is 0 Å². The van der Waals surface area contributed by atoms with Crippen molar-refractivity contribution in [2.24, 2.45) is 23.2 Å². The van der Waals surface area contributed by atoms with E-state index in [1.54, 1.807) is 55.1 Å². The molecular formula is C40H68N6O8. The summed E-state index contributed by atoms with van der Waals surface area (Å²) in [5, 5.41) is 14.2. The van der Waals surface area contributed by atoms with Gasteiger partial charge in [-0.05, 0) is 64.6 Å². The molecule has 1 aromatic carbocycles. The van der Waals surface area contributed by atoms with Gasteiger partial charge in [0.15, 0.2) is 0 Å². The first-order valence-electron chi connectivity index (χ1n) is 19.3. The monoisotopic (exact) mass is 761 g/mol. The van der Waals surface area contributed by atoms with Crippen LogP contribution in [0.3, 0.4) is 0 Å². The molecule has 0 bridgehead atoms. The van der Waals surface area contributed by atoms with E-state index in [0.29, 0.717) is 32.5 Å². The number of nitrogens with zero attached hydrogens (tertiary/aromatic N) is 5. The van der Waals surface area contributed by atoms with Crippen molar-refractivity contribution in [3.63, 3.8) is 0 Å². The summed E-state index contributed by atoms with van der Waals surface area (Å²) in [6, 6.07) is 4.84. The van der Waals surface area contributed by atoms with Gasteiger partial charge in [0.05, 0.1) is 47.0 Å². The van der Waals surface area contributed by atoms with Gasteiger partial charge in [0.2, 0.25) is 23.6 Å². The molecule has 7 atom stereocenters. The van der Waals surface area contributed by atoms with E-state index in [1.165, 1.54) is 12.1 Å². The number of rotatable bonds is 21. The third-order valence-corrected chi connectivity index (χ3v) is 11.0. The van der Waals surface area contributed by atoms with Crippen molar-refractivity contribution in [3.8, 4) is 0 Å². The lowest BCUT2D eigenvalue weighted by Crippen LogP contribution is -2.59. The number of nitrogens with one attached hydrogen (secondary N) is 1. The topological polar surface area (TPSA) is 155 Å². The Kier molecular flexibility index (Phi) is 18.0. The number of likely N-dealkylation sites (tertiary alicyclic amines) is 1. The van der Waals surface area contributed by atoms with E-state index in [9.17, 15) is 29.3 Å². The largest absolute Gasteiger partial charge is 0.379 e. The van der Waals surface area contributed by atoms with Crippen molar-refractivity contribution < 1.29 is 33.6 Å². The van der Waals surface area contributed by atoms with E-state index in [1.807, 2.05) is 67.5 Å². The van der Waals surface area contributed by atoms with Gasteiger partial charge in [0.1, 0.15) is 6.04 Å². The molecule has 54 heavy (non-hydrogen) atoms. The van der Waals surface area contributed by atoms with Crippen LogP contribution in [0.15, 0.2) is 24.3 Å². The van der Waals surface area contributed by atoms with Gasteiger partial charge in [0.25, 0.3) is 5.69 Å². The standard InChI is InChI=1S/C40H68N6O8/c1-14-27(4)35(44(11)38(49)34(26(2)3)41-39(50)40(6,7)25-42(8)9)32(53-12)24-33(47)45-21-16-19-31(45)36(54-13)28(5)37(48)43(10)22-20-29-17-15-18-30(23-29)46(51)52/h15,17-18,23,26-28,31-32,34-36H,14,16,19-22,24-25H2,1-13H3,(H,41,50)/t27-,28+,31-,32+,34-,35-,36+/m0/s1. The summed E-state index contributed by atoms with van der Waals surface area (Å²) >= 11 is 0. The number of nitro benzene ring substituents is 1. The third-order valence-electron chi connectivity index (χ3n) is 11.0. The van der Waals surface area contributed by atoms with E-state index in [0.717, 1.165) is 18.4 Å². The molecule has 1 aliphatic heterocycles. The maximum absolute atomic E-state index is 14.2. The molecule has 2 rings (SSSR count). The van der Waals surface area contributed by atoms with Gasteiger partial charge < -0.3 is 34.4 Å². The van der Waals surface area contributed by atoms with Crippen molar-refractivity contribution in [1.29, 1.82) is 0 Å². The second-order valence-electron chi connectivity index (χ2n) is 16.3. The average Bonchev–Trinajstić information content (AvgIpc) is 3.60. The van der Waals surface area contributed by atoms with Crippen LogP contribution in [0.4, 0.5) is 5.69 Å². The Bertz CT molecular complexity index is 1420. The normalized spacial score (nSPS) is 18.1. The highest BCUT2D eigenvalue weighted by atomic mass is 16.6. The maximum Gasteiger partial charge on any atom is 0.269 e. The molecule has 306 valence electrons. The zero-order valence-electron chi connectivity index (χ0n) is 35.1. The zero-order chi connectivity index (χ0) is 41.1. The predicted molar refractivity (Wildman–Crippen MR) is 210 cm³/mol. The molecule has 0 radical (unpaired) electrons. The second-order valence-corrected chi connectivity index (χ2v) is 16.3. The first-order valence-corrected chi connectivity index (χ1v) is 19.3. The summed E-state index contributed by atoms with van der Waals surface area (Å²) < 4.78 is 12.0. The van der Waals surface area contributed by atoms with Gasteiger partial charge in [-0.2, -0.15) is 0 Å². The summed E-state index contributed by atoms with van der Waals surface area (Å²) in [6.07, 6.45) is 1.44. The highest BCUT2D eigenvalue weighted by molar-refractivity contribution is 5.90. The quantitative estimate of drug-likeness (QED) is 0.143. The molecule has 14 heteroatoms. The number of non-ortho nitro benzene ring substituents is 1. The molecule has 0 saturated carbocycles. The Hall–Kier alpha value is -3.62. The molecule has 1 aromatic rings. The van der Waals surface area contributed by atoms with Crippen LogP contribution < -0.4 is 5.32 Å². The SMILES string of the molecule is CC[C@H](C)[C@@H]([C@@H](CC(=O)N1CCC[C@H]1[C@H](OC)[C@@H](C)C(=O)N(C)CCc1cccc([N+](=O)[O-])c1)OC)N(C)C(=O)[C@@H](NC(=O)C(C)(C)CN(C)C)C(C)C. The Morgan fingerprint density at radius 1 is 1.04 bits per heavy atom.